The van der Waals surface area contributed by atoms with Crippen LogP contribution in [0.4, 0.5) is 0 Å². The Morgan fingerprint density at radius 1 is 1.00 bits per heavy atom. The summed E-state index contributed by atoms with van der Waals surface area (Å²) in [4.78, 5) is 2.59. The Hall–Kier alpha value is -0.340. The van der Waals surface area contributed by atoms with Gasteiger partial charge in [0.15, 0.2) is 0 Å². The normalized spacial score (nSPS) is 28.5. The Kier molecular flexibility index (Phi) is 7.25. The van der Waals surface area contributed by atoms with E-state index < -0.39 is 0 Å². The quantitative estimate of drug-likeness (QED) is 0.737. The summed E-state index contributed by atoms with van der Waals surface area (Å²) in [6, 6.07) is 0.775. The zero-order chi connectivity index (χ0) is 15.1. The second-order valence-corrected chi connectivity index (χ2v) is 7.56. The highest BCUT2D eigenvalue weighted by Crippen LogP contribution is 2.30. The molecule has 1 aliphatic carbocycles. The fourth-order valence-corrected chi connectivity index (χ4v) is 3.81. The maximum Gasteiger partial charge on any atom is 0.0165 e. The largest absolute Gasteiger partial charge is 0.314 e. The van der Waals surface area contributed by atoms with Gasteiger partial charge in [-0.2, -0.15) is 0 Å². The van der Waals surface area contributed by atoms with Crippen molar-refractivity contribution < 1.29 is 0 Å². The van der Waals surface area contributed by atoms with E-state index in [2.05, 4.69) is 37.1 Å². The number of nitrogens with zero attached hydrogens (tertiary/aromatic N) is 1. The Labute approximate surface area is 132 Å². The van der Waals surface area contributed by atoms with Crippen LogP contribution in [0.25, 0.3) is 0 Å². The molecule has 0 aromatic heterocycles. The third kappa shape index (κ3) is 6.12. The minimum absolute atomic E-state index is 0.775. The van der Waals surface area contributed by atoms with E-state index in [1.165, 1.54) is 70.2 Å². The van der Waals surface area contributed by atoms with Crippen LogP contribution in [-0.2, 0) is 0 Å². The highest BCUT2D eigenvalue weighted by Gasteiger charge is 2.22. The van der Waals surface area contributed by atoms with Gasteiger partial charge in [0.1, 0.15) is 0 Å². The monoisotopic (exact) mass is 292 g/mol. The molecule has 2 nitrogen and oxygen atoms in total. The van der Waals surface area contributed by atoms with E-state index in [1.807, 2.05) is 0 Å². The van der Waals surface area contributed by atoms with Crippen molar-refractivity contribution in [3.8, 4) is 0 Å². The lowest BCUT2D eigenvalue weighted by Crippen LogP contribution is -2.44. The lowest BCUT2D eigenvalue weighted by atomic mass is 9.81. The van der Waals surface area contributed by atoms with Crippen molar-refractivity contribution in [2.75, 3.05) is 26.2 Å². The highest BCUT2D eigenvalue weighted by molar-refractivity contribution is 4.95. The standard InChI is InChI=1S/C19H36N2/c1-4-17-5-7-18(8-6-17)15-20-19-10-13-21(14-11-19)12-9-16(2)3/h9,17-20H,4-8,10-15H2,1-3H3. The second-order valence-electron chi connectivity index (χ2n) is 7.56. The highest BCUT2D eigenvalue weighted by atomic mass is 15.1. The fourth-order valence-electron chi connectivity index (χ4n) is 3.81. The van der Waals surface area contributed by atoms with Crippen molar-refractivity contribution in [3.05, 3.63) is 11.6 Å². The summed E-state index contributed by atoms with van der Waals surface area (Å²) in [7, 11) is 0. The summed E-state index contributed by atoms with van der Waals surface area (Å²) in [5.74, 6) is 1.98. The van der Waals surface area contributed by atoms with Crippen LogP contribution in [0, 0.1) is 11.8 Å². The first kappa shape index (κ1) is 17.0. The number of rotatable bonds is 6. The molecule has 0 bridgehead atoms. The number of hydrogen-bond donors (Lipinski definition) is 1. The molecule has 21 heavy (non-hydrogen) atoms. The van der Waals surface area contributed by atoms with Crippen LogP contribution in [0.3, 0.4) is 0 Å². The number of piperidine rings is 1. The molecular weight excluding hydrogens is 256 g/mol. The topological polar surface area (TPSA) is 15.3 Å². The molecule has 0 unspecified atom stereocenters. The van der Waals surface area contributed by atoms with Crippen LogP contribution in [0.1, 0.15) is 65.7 Å². The van der Waals surface area contributed by atoms with Gasteiger partial charge in [0, 0.05) is 12.6 Å². The molecule has 1 saturated carbocycles. The van der Waals surface area contributed by atoms with Crippen LogP contribution >= 0.6 is 0 Å². The molecule has 2 rings (SSSR count). The zero-order valence-corrected chi connectivity index (χ0v) is 14.5. The Morgan fingerprint density at radius 2 is 1.62 bits per heavy atom. The Balaban J connectivity index is 1.58. The molecule has 0 spiro atoms. The molecule has 1 heterocycles. The molecule has 1 aliphatic heterocycles. The third-order valence-corrected chi connectivity index (χ3v) is 5.58. The fraction of sp³-hybridized carbons (Fsp3) is 0.895. The van der Waals surface area contributed by atoms with Crippen molar-refractivity contribution in [3.63, 3.8) is 0 Å². The van der Waals surface area contributed by atoms with Crippen molar-refractivity contribution >= 4 is 0 Å². The average molecular weight is 293 g/mol. The molecular formula is C19H36N2. The summed E-state index contributed by atoms with van der Waals surface area (Å²) in [5, 5.41) is 3.87. The molecule has 2 fully saturated rings. The first-order valence-corrected chi connectivity index (χ1v) is 9.26. The maximum absolute atomic E-state index is 3.87. The smallest absolute Gasteiger partial charge is 0.0165 e. The van der Waals surface area contributed by atoms with E-state index in [0.717, 1.165) is 24.4 Å². The molecule has 1 saturated heterocycles. The van der Waals surface area contributed by atoms with Crippen molar-refractivity contribution in [2.45, 2.75) is 71.8 Å². The first-order valence-electron chi connectivity index (χ1n) is 9.26. The summed E-state index contributed by atoms with van der Waals surface area (Å²) in [6.45, 7) is 11.7. The number of likely N-dealkylation sites (tertiary alicyclic amines) is 1. The van der Waals surface area contributed by atoms with Gasteiger partial charge >= 0.3 is 0 Å². The summed E-state index contributed by atoms with van der Waals surface area (Å²) >= 11 is 0. The molecule has 2 heteroatoms. The minimum atomic E-state index is 0.775. The predicted molar refractivity (Wildman–Crippen MR) is 92.6 cm³/mol. The number of nitrogens with one attached hydrogen (secondary N) is 1. The van der Waals surface area contributed by atoms with Crippen LogP contribution in [0.15, 0.2) is 11.6 Å². The van der Waals surface area contributed by atoms with Crippen molar-refractivity contribution in [1.82, 2.24) is 10.2 Å². The average Bonchev–Trinajstić information content (AvgIpc) is 2.52. The molecule has 0 atom stereocenters. The van der Waals surface area contributed by atoms with Crippen LogP contribution < -0.4 is 5.32 Å². The van der Waals surface area contributed by atoms with Gasteiger partial charge < -0.3 is 5.32 Å². The Bertz CT molecular complexity index is 304. The summed E-state index contributed by atoms with van der Waals surface area (Å²) in [5.41, 5.74) is 1.44. The number of hydrogen-bond acceptors (Lipinski definition) is 2. The van der Waals surface area contributed by atoms with Gasteiger partial charge in [0.05, 0.1) is 0 Å². The van der Waals surface area contributed by atoms with Crippen molar-refractivity contribution in [1.29, 1.82) is 0 Å². The molecule has 0 aromatic rings. The van der Waals surface area contributed by atoms with E-state index in [1.54, 1.807) is 0 Å². The van der Waals surface area contributed by atoms with E-state index in [4.69, 9.17) is 0 Å². The van der Waals surface area contributed by atoms with Gasteiger partial charge in [-0.1, -0.05) is 37.8 Å². The number of allylic oxidation sites excluding steroid dienone is 1. The van der Waals surface area contributed by atoms with Gasteiger partial charge in [0.2, 0.25) is 0 Å². The SMILES string of the molecule is CCC1CCC(CNC2CCN(CC=C(C)C)CC2)CC1. The molecule has 122 valence electrons. The van der Waals surface area contributed by atoms with Gasteiger partial charge in [-0.15, -0.1) is 0 Å². The van der Waals surface area contributed by atoms with E-state index >= 15 is 0 Å². The van der Waals surface area contributed by atoms with Crippen LogP contribution in [0.2, 0.25) is 0 Å². The Morgan fingerprint density at radius 3 is 2.19 bits per heavy atom. The van der Waals surface area contributed by atoms with Crippen LogP contribution in [0.5, 0.6) is 0 Å². The lowest BCUT2D eigenvalue weighted by molar-refractivity contribution is 0.200. The molecule has 0 amide bonds. The third-order valence-electron chi connectivity index (χ3n) is 5.58. The van der Waals surface area contributed by atoms with Crippen LogP contribution in [-0.4, -0.2) is 37.1 Å². The minimum Gasteiger partial charge on any atom is -0.314 e. The van der Waals surface area contributed by atoms with Gasteiger partial charge in [-0.05, 0) is 71.0 Å². The van der Waals surface area contributed by atoms with Crippen molar-refractivity contribution in [2.24, 2.45) is 11.8 Å². The van der Waals surface area contributed by atoms with Gasteiger partial charge in [-0.25, -0.2) is 0 Å². The predicted octanol–water partition coefficient (Wildman–Crippen LogP) is 4.22. The summed E-state index contributed by atoms with van der Waals surface area (Å²) in [6.07, 6.45) is 12.3. The molecule has 1 N–H and O–H groups in total. The van der Waals surface area contributed by atoms with E-state index in [-0.39, 0.29) is 0 Å². The lowest BCUT2D eigenvalue weighted by Gasteiger charge is -2.34. The summed E-state index contributed by atoms with van der Waals surface area (Å²) < 4.78 is 0. The first-order chi connectivity index (χ1) is 10.2. The molecule has 2 aliphatic rings. The molecule has 0 radical (unpaired) electrons. The molecule has 0 aromatic carbocycles. The van der Waals surface area contributed by atoms with Gasteiger partial charge in [-0.3, -0.25) is 4.90 Å². The zero-order valence-electron chi connectivity index (χ0n) is 14.5. The van der Waals surface area contributed by atoms with E-state index in [0.29, 0.717) is 0 Å². The second kappa shape index (κ2) is 8.95. The van der Waals surface area contributed by atoms with E-state index in [9.17, 15) is 0 Å². The van der Waals surface area contributed by atoms with Gasteiger partial charge in [0.25, 0.3) is 0 Å². The maximum atomic E-state index is 3.87.